The Morgan fingerprint density at radius 3 is 2.79 bits per heavy atom. The van der Waals surface area contributed by atoms with E-state index in [0.717, 1.165) is 5.69 Å². The molecule has 0 saturated carbocycles. The molecule has 0 fully saturated rings. The van der Waals surface area contributed by atoms with Gasteiger partial charge in [0.2, 0.25) is 11.5 Å². The van der Waals surface area contributed by atoms with Gasteiger partial charge in [0, 0.05) is 26.2 Å². The number of nitrogens with zero attached hydrogens (tertiary/aromatic N) is 1. The van der Waals surface area contributed by atoms with Crippen LogP contribution in [0.1, 0.15) is 17.4 Å². The van der Waals surface area contributed by atoms with Crippen LogP contribution in [0.3, 0.4) is 0 Å². The Morgan fingerprint density at radius 1 is 1.50 bits per heavy atom. The number of methoxy groups -OCH3 is 1. The number of pyridine rings is 1. The van der Waals surface area contributed by atoms with Gasteiger partial charge in [0.1, 0.15) is 6.61 Å². The number of carbonyl (C=O) groups excluding carboxylic acids is 1. The Balaban J connectivity index is 0.00000169. The molecule has 3 nitrogen and oxygen atoms in total. The van der Waals surface area contributed by atoms with Crippen LogP contribution in [-0.4, -0.2) is 19.5 Å². The molecule has 14 heavy (non-hydrogen) atoms. The highest BCUT2D eigenvalue weighted by molar-refractivity contribution is 5.90. The van der Waals surface area contributed by atoms with Crippen LogP contribution in [0.2, 0.25) is 0 Å². The summed E-state index contributed by atoms with van der Waals surface area (Å²) in [5, 5.41) is 0. The Labute approximate surface area is 90.1 Å². The maximum atomic E-state index is 11.2. The summed E-state index contributed by atoms with van der Waals surface area (Å²) in [6.45, 7) is 2.90. The molecular weight excluding hydrogens is 202 g/mol. The number of Topliss-reactive ketones (excluding diaryl/α,β-unsaturated/α-hetero) is 1. The summed E-state index contributed by atoms with van der Waals surface area (Å²) in [6.07, 6.45) is 1.88. The molecule has 4 heteroatoms. The second-order valence-corrected chi connectivity index (χ2v) is 2.83. The first-order valence-electron chi connectivity index (χ1n) is 4.24. The summed E-state index contributed by atoms with van der Waals surface area (Å²) in [7, 11) is 1.65. The molecule has 1 aromatic heterocycles. The van der Waals surface area contributed by atoms with E-state index < -0.39 is 0 Å². The van der Waals surface area contributed by atoms with Crippen LogP contribution in [-0.2, 0) is 11.3 Å². The van der Waals surface area contributed by atoms with Crippen LogP contribution >= 0.6 is 0 Å². The van der Waals surface area contributed by atoms with E-state index in [1.54, 1.807) is 14.0 Å². The van der Waals surface area contributed by atoms with Crippen LogP contribution in [0, 0.1) is 0 Å². The number of hydrogen-bond donors (Lipinski definition) is 0. The highest BCUT2D eigenvalue weighted by atomic mass is 35.5. The Hall–Kier alpha value is -0.930. The molecule has 0 aliphatic carbocycles. The summed E-state index contributed by atoms with van der Waals surface area (Å²) in [5.41, 5.74) is 0.722. The van der Waals surface area contributed by atoms with Gasteiger partial charge in [0.05, 0.1) is 0 Å². The van der Waals surface area contributed by atoms with Gasteiger partial charge >= 0.3 is 0 Å². The van der Waals surface area contributed by atoms with Gasteiger partial charge in [-0.25, -0.2) is 0 Å². The molecule has 0 saturated heterocycles. The number of hydrogen-bond acceptors (Lipinski definition) is 2. The van der Waals surface area contributed by atoms with Crippen molar-refractivity contribution >= 4 is 5.78 Å². The van der Waals surface area contributed by atoms with E-state index in [1.807, 2.05) is 29.0 Å². The largest absolute Gasteiger partial charge is 1.00 e. The lowest BCUT2D eigenvalue weighted by Crippen LogP contribution is -3.00. The zero-order valence-electron chi connectivity index (χ0n) is 8.37. The fraction of sp³-hybridized carbons (Fsp3) is 0.400. The van der Waals surface area contributed by atoms with Gasteiger partial charge in [-0.3, -0.25) is 4.79 Å². The summed E-state index contributed by atoms with van der Waals surface area (Å²) < 4.78 is 6.84. The third-order valence-corrected chi connectivity index (χ3v) is 1.84. The smallest absolute Gasteiger partial charge is 0.248 e. The minimum Gasteiger partial charge on any atom is -1.00 e. The van der Waals surface area contributed by atoms with Crippen molar-refractivity contribution in [3.8, 4) is 0 Å². The number of carbonyl (C=O) groups is 1. The van der Waals surface area contributed by atoms with Crippen molar-refractivity contribution in [3.05, 3.63) is 30.1 Å². The van der Waals surface area contributed by atoms with Gasteiger partial charge in [-0.1, -0.05) is 0 Å². The quantitative estimate of drug-likeness (QED) is 0.423. The second kappa shape index (κ2) is 6.51. The predicted molar refractivity (Wildman–Crippen MR) is 48.5 cm³/mol. The molecule has 1 rings (SSSR count). The predicted octanol–water partition coefficient (Wildman–Crippen LogP) is -2.17. The van der Waals surface area contributed by atoms with Crippen LogP contribution in [0.4, 0.5) is 0 Å². The molecule has 0 amide bonds. The van der Waals surface area contributed by atoms with Gasteiger partial charge in [0.25, 0.3) is 0 Å². The lowest BCUT2D eigenvalue weighted by molar-refractivity contribution is -0.700. The maximum Gasteiger partial charge on any atom is 0.248 e. The van der Waals surface area contributed by atoms with Crippen LogP contribution < -0.4 is 17.0 Å². The van der Waals surface area contributed by atoms with Gasteiger partial charge in [-0.2, -0.15) is 4.57 Å². The average Bonchev–Trinajstić information content (AvgIpc) is 2.15. The monoisotopic (exact) mass is 215 g/mol. The Morgan fingerprint density at radius 2 is 2.21 bits per heavy atom. The van der Waals surface area contributed by atoms with Crippen molar-refractivity contribution in [2.75, 3.05) is 13.7 Å². The summed E-state index contributed by atoms with van der Waals surface area (Å²) in [6, 6.07) is 5.58. The Kier molecular flexibility index (Phi) is 6.08. The van der Waals surface area contributed by atoms with Crippen molar-refractivity contribution in [2.45, 2.75) is 13.5 Å². The molecular formula is C10H14ClNO2. The molecule has 78 valence electrons. The third-order valence-electron chi connectivity index (χ3n) is 1.84. The SMILES string of the molecule is COCC[n+]1ccccc1C(C)=O.[Cl-]. The normalized spacial score (nSPS) is 9.29. The number of aromatic nitrogens is 1. The average molecular weight is 216 g/mol. The molecule has 0 atom stereocenters. The molecule has 0 spiro atoms. The number of rotatable bonds is 4. The molecule has 0 aliphatic heterocycles. The van der Waals surface area contributed by atoms with E-state index in [4.69, 9.17) is 4.74 Å². The number of ketones is 1. The fourth-order valence-corrected chi connectivity index (χ4v) is 1.18. The van der Waals surface area contributed by atoms with Crippen LogP contribution in [0.15, 0.2) is 24.4 Å². The fourth-order valence-electron chi connectivity index (χ4n) is 1.18. The standard InChI is InChI=1S/C10H14NO2.ClH/c1-9(12)10-5-3-4-6-11(10)7-8-13-2;/h3-6H,7-8H2,1-2H3;1H/q+1;/p-1. The number of halogens is 1. The van der Waals surface area contributed by atoms with E-state index in [0.29, 0.717) is 13.2 Å². The molecule has 1 aromatic rings. The van der Waals surface area contributed by atoms with E-state index >= 15 is 0 Å². The molecule has 0 aliphatic rings. The lowest BCUT2D eigenvalue weighted by Gasteiger charge is -1.99. The number of ether oxygens (including phenoxy) is 1. The second-order valence-electron chi connectivity index (χ2n) is 2.83. The van der Waals surface area contributed by atoms with Crippen molar-refractivity contribution in [1.29, 1.82) is 0 Å². The third kappa shape index (κ3) is 3.44. The summed E-state index contributed by atoms with van der Waals surface area (Å²) in [4.78, 5) is 11.2. The van der Waals surface area contributed by atoms with Gasteiger partial charge in [0.15, 0.2) is 12.7 Å². The Bertz CT molecular complexity index is 302. The van der Waals surface area contributed by atoms with Gasteiger partial charge in [-0.15, -0.1) is 0 Å². The zero-order valence-corrected chi connectivity index (χ0v) is 9.12. The van der Waals surface area contributed by atoms with Gasteiger partial charge < -0.3 is 17.1 Å². The maximum absolute atomic E-state index is 11.2. The minimum absolute atomic E-state index is 0. The first-order valence-corrected chi connectivity index (χ1v) is 4.24. The van der Waals surface area contributed by atoms with Crippen molar-refractivity contribution in [1.82, 2.24) is 0 Å². The van der Waals surface area contributed by atoms with Gasteiger partial charge in [-0.05, 0) is 6.07 Å². The van der Waals surface area contributed by atoms with Crippen LogP contribution in [0.5, 0.6) is 0 Å². The van der Waals surface area contributed by atoms with E-state index in [-0.39, 0.29) is 18.2 Å². The minimum atomic E-state index is 0. The first kappa shape index (κ1) is 13.1. The molecule has 0 unspecified atom stereocenters. The highest BCUT2D eigenvalue weighted by Gasteiger charge is 2.12. The zero-order chi connectivity index (χ0) is 9.68. The van der Waals surface area contributed by atoms with Crippen molar-refractivity contribution in [3.63, 3.8) is 0 Å². The summed E-state index contributed by atoms with van der Waals surface area (Å²) >= 11 is 0. The van der Waals surface area contributed by atoms with Crippen molar-refractivity contribution in [2.24, 2.45) is 0 Å². The molecule has 1 heterocycles. The topological polar surface area (TPSA) is 30.2 Å². The molecule has 0 bridgehead atoms. The summed E-state index contributed by atoms with van der Waals surface area (Å²) in [5.74, 6) is 0.0803. The highest BCUT2D eigenvalue weighted by Crippen LogP contribution is 1.92. The van der Waals surface area contributed by atoms with E-state index in [1.165, 1.54) is 0 Å². The lowest BCUT2D eigenvalue weighted by atomic mass is 10.2. The van der Waals surface area contributed by atoms with E-state index in [2.05, 4.69) is 0 Å². The molecule has 0 N–H and O–H groups in total. The molecule has 0 radical (unpaired) electrons. The van der Waals surface area contributed by atoms with Crippen molar-refractivity contribution < 1.29 is 26.5 Å². The molecule has 0 aromatic carbocycles. The first-order chi connectivity index (χ1) is 6.25. The van der Waals surface area contributed by atoms with E-state index in [9.17, 15) is 4.79 Å². The van der Waals surface area contributed by atoms with Crippen LogP contribution in [0.25, 0.3) is 0 Å².